The maximum atomic E-state index is 11.5. The first-order valence-corrected chi connectivity index (χ1v) is 6.12. The van der Waals surface area contributed by atoms with Crippen LogP contribution in [0.4, 0.5) is 5.69 Å². The summed E-state index contributed by atoms with van der Waals surface area (Å²) in [5.41, 5.74) is 7.44. The van der Waals surface area contributed by atoms with Crippen molar-refractivity contribution in [1.82, 2.24) is 0 Å². The SMILES string of the molecule is CCC(C)COC(=O)CCc1ccc(N)cc1. The molecule has 0 aliphatic carbocycles. The van der Waals surface area contributed by atoms with Crippen molar-refractivity contribution in [2.24, 2.45) is 5.92 Å². The topological polar surface area (TPSA) is 52.3 Å². The summed E-state index contributed by atoms with van der Waals surface area (Å²) < 4.78 is 5.18. The molecule has 17 heavy (non-hydrogen) atoms. The molecule has 0 amide bonds. The molecule has 0 aromatic heterocycles. The number of hydrogen-bond acceptors (Lipinski definition) is 3. The Hall–Kier alpha value is -1.51. The van der Waals surface area contributed by atoms with Crippen molar-refractivity contribution in [3.63, 3.8) is 0 Å². The summed E-state index contributed by atoms with van der Waals surface area (Å²) in [4.78, 5) is 11.5. The molecule has 0 fully saturated rings. The molecule has 1 rings (SSSR count). The van der Waals surface area contributed by atoms with Crippen LogP contribution in [0.3, 0.4) is 0 Å². The molecule has 1 unspecified atom stereocenters. The normalized spacial score (nSPS) is 12.1. The number of esters is 1. The van der Waals surface area contributed by atoms with E-state index < -0.39 is 0 Å². The van der Waals surface area contributed by atoms with Gasteiger partial charge >= 0.3 is 5.97 Å². The van der Waals surface area contributed by atoms with Gasteiger partial charge in [-0.3, -0.25) is 4.79 Å². The molecule has 0 aliphatic heterocycles. The van der Waals surface area contributed by atoms with Gasteiger partial charge in [0.05, 0.1) is 6.61 Å². The van der Waals surface area contributed by atoms with E-state index in [4.69, 9.17) is 10.5 Å². The second-order valence-electron chi connectivity index (χ2n) is 4.44. The zero-order chi connectivity index (χ0) is 12.7. The first kappa shape index (κ1) is 13.6. The smallest absolute Gasteiger partial charge is 0.306 e. The van der Waals surface area contributed by atoms with E-state index in [2.05, 4.69) is 13.8 Å². The van der Waals surface area contributed by atoms with Crippen LogP contribution < -0.4 is 5.73 Å². The molecule has 3 nitrogen and oxygen atoms in total. The number of aryl methyl sites for hydroxylation is 1. The molecule has 3 heteroatoms. The fourth-order valence-corrected chi connectivity index (χ4v) is 1.36. The van der Waals surface area contributed by atoms with E-state index in [1.165, 1.54) is 0 Å². The highest BCUT2D eigenvalue weighted by Crippen LogP contribution is 2.08. The molecule has 2 N–H and O–H groups in total. The highest BCUT2D eigenvalue weighted by Gasteiger charge is 2.06. The molecular formula is C14H21NO2. The fraction of sp³-hybridized carbons (Fsp3) is 0.500. The van der Waals surface area contributed by atoms with Crippen LogP contribution in [0, 0.1) is 5.92 Å². The van der Waals surface area contributed by atoms with Gasteiger partial charge in [0.25, 0.3) is 0 Å². The minimum absolute atomic E-state index is 0.123. The van der Waals surface area contributed by atoms with Crippen LogP contribution in [0.15, 0.2) is 24.3 Å². The second kappa shape index (κ2) is 6.94. The van der Waals surface area contributed by atoms with Crippen molar-refractivity contribution in [3.8, 4) is 0 Å². The minimum Gasteiger partial charge on any atom is -0.465 e. The number of benzene rings is 1. The Labute approximate surface area is 103 Å². The molecule has 0 aliphatic rings. The van der Waals surface area contributed by atoms with Gasteiger partial charge in [-0.15, -0.1) is 0 Å². The number of hydrogen-bond donors (Lipinski definition) is 1. The summed E-state index contributed by atoms with van der Waals surface area (Å²) in [7, 11) is 0. The Morgan fingerprint density at radius 3 is 2.59 bits per heavy atom. The standard InChI is InChI=1S/C14H21NO2/c1-3-11(2)10-17-14(16)9-6-12-4-7-13(15)8-5-12/h4-5,7-8,11H,3,6,9-10,15H2,1-2H3. The maximum absolute atomic E-state index is 11.5. The van der Waals surface area contributed by atoms with Crippen LogP contribution in [0.25, 0.3) is 0 Å². The van der Waals surface area contributed by atoms with E-state index in [1.807, 2.05) is 24.3 Å². The van der Waals surface area contributed by atoms with Gasteiger partial charge in [-0.25, -0.2) is 0 Å². The zero-order valence-corrected chi connectivity index (χ0v) is 10.6. The Morgan fingerprint density at radius 1 is 1.35 bits per heavy atom. The van der Waals surface area contributed by atoms with Crippen LogP contribution in [-0.2, 0) is 16.0 Å². The predicted molar refractivity (Wildman–Crippen MR) is 69.6 cm³/mol. The first-order chi connectivity index (χ1) is 8.11. The lowest BCUT2D eigenvalue weighted by atomic mass is 10.1. The van der Waals surface area contributed by atoms with E-state index in [-0.39, 0.29) is 5.97 Å². The van der Waals surface area contributed by atoms with Gasteiger partial charge in [0.2, 0.25) is 0 Å². The van der Waals surface area contributed by atoms with Crippen molar-refractivity contribution >= 4 is 11.7 Å². The summed E-state index contributed by atoms with van der Waals surface area (Å²) in [5.74, 6) is 0.317. The van der Waals surface area contributed by atoms with Crippen LogP contribution in [0.1, 0.15) is 32.3 Å². The van der Waals surface area contributed by atoms with E-state index in [9.17, 15) is 4.79 Å². The van der Waals surface area contributed by atoms with Crippen molar-refractivity contribution in [2.75, 3.05) is 12.3 Å². The maximum Gasteiger partial charge on any atom is 0.306 e. The lowest BCUT2D eigenvalue weighted by molar-refractivity contribution is -0.144. The van der Waals surface area contributed by atoms with E-state index in [0.29, 0.717) is 25.4 Å². The van der Waals surface area contributed by atoms with E-state index in [1.54, 1.807) is 0 Å². The predicted octanol–water partition coefficient (Wildman–Crippen LogP) is 2.79. The lowest BCUT2D eigenvalue weighted by Gasteiger charge is -2.09. The van der Waals surface area contributed by atoms with Gasteiger partial charge in [-0.05, 0) is 30.0 Å². The van der Waals surface area contributed by atoms with Crippen molar-refractivity contribution < 1.29 is 9.53 Å². The fourth-order valence-electron chi connectivity index (χ4n) is 1.36. The highest BCUT2D eigenvalue weighted by molar-refractivity contribution is 5.69. The third kappa shape index (κ3) is 5.38. The summed E-state index contributed by atoms with van der Waals surface area (Å²) in [6.07, 6.45) is 2.17. The van der Waals surface area contributed by atoms with E-state index >= 15 is 0 Å². The number of carbonyl (C=O) groups excluding carboxylic acids is 1. The Morgan fingerprint density at radius 2 is 2.00 bits per heavy atom. The summed E-state index contributed by atoms with van der Waals surface area (Å²) in [6, 6.07) is 7.58. The zero-order valence-electron chi connectivity index (χ0n) is 10.6. The molecule has 1 aromatic carbocycles. The Kier molecular flexibility index (Phi) is 5.53. The second-order valence-corrected chi connectivity index (χ2v) is 4.44. The average molecular weight is 235 g/mol. The molecule has 94 valence electrons. The van der Waals surface area contributed by atoms with E-state index in [0.717, 1.165) is 17.7 Å². The molecule has 0 saturated carbocycles. The number of carbonyl (C=O) groups is 1. The van der Waals surface area contributed by atoms with Gasteiger partial charge in [0.1, 0.15) is 0 Å². The molecule has 1 atom stereocenters. The van der Waals surface area contributed by atoms with Crippen LogP contribution in [0.5, 0.6) is 0 Å². The molecular weight excluding hydrogens is 214 g/mol. The molecule has 0 bridgehead atoms. The van der Waals surface area contributed by atoms with Crippen molar-refractivity contribution in [1.29, 1.82) is 0 Å². The van der Waals surface area contributed by atoms with Crippen molar-refractivity contribution in [2.45, 2.75) is 33.1 Å². The third-order valence-corrected chi connectivity index (χ3v) is 2.82. The van der Waals surface area contributed by atoms with Gasteiger partial charge in [0.15, 0.2) is 0 Å². The average Bonchev–Trinajstić information content (AvgIpc) is 2.35. The molecule has 1 aromatic rings. The summed E-state index contributed by atoms with van der Waals surface area (Å²) in [6.45, 7) is 4.69. The number of anilines is 1. The summed E-state index contributed by atoms with van der Waals surface area (Å²) in [5, 5.41) is 0. The van der Waals surface area contributed by atoms with Crippen molar-refractivity contribution in [3.05, 3.63) is 29.8 Å². The summed E-state index contributed by atoms with van der Waals surface area (Å²) >= 11 is 0. The monoisotopic (exact) mass is 235 g/mol. The largest absolute Gasteiger partial charge is 0.465 e. The first-order valence-electron chi connectivity index (χ1n) is 6.12. The Bertz CT molecular complexity index is 346. The number of rotatable bonds is 6. The van der Waals surface area contributed by atoms with Gasteiger partial charge < -0.3 is 10.5 Å². The molecule has 0 saturated heterocycles. The Balaban J connectivity index is 2.26. The molecule has 0 heterocycles. The minimum atomic E-state index is -0.123. The molecule has 0 radical (unpaired) electrons. The van der Waals surface area contributed by atoms with Gasteiger partial charge in [-0.2, -0.15) is 0 Å². The van der Waals surface area contributed by atoms with Crippen LogP contribution in [-0.4, -0.2) is 12.6 Å². The number of nitrogens with two attached hydrogens (primary N) is 1. The quantitative estimate of drug-likeness (QED) is 0.609. The van der Waals surface area contributed by atoms with Crippen LogP contribution in [0.2, 0.25) is 0 Å². The van der Waals surface area contributed by atoms with Gasteiger partial charge in [-0.1, -0.05) is 32.4 Å². The number of nitrogen functional groups attached to an aromatic ring is 1. The van der Waals surface area contributed by atoms with Crippen LogP contribution >= 0.6 is 0 Å². The highest BCUT2D eigenvalue weighted by atomic mass is 16.5. The third-order valence-electron chi connectivity index (χ3n) is 2.82. The van der Waals surface area contributed by atoms with Gasteiger partial charge in [0, 0.05) is 12.1 Å². The lowest BCUT2D eigenvalue weighted by Crippen LogP contribution is -2.11. The molecule has 0 spiro atoms. The number of ether oxygens (including phenoxy) is 1.